The van der Waals surface area contributed by atoms with Gasteiger partial charge >= 0.3 is 0 Å². The monoisotopic (exact) mass is 393 g/mol. The second-order valence-electron chi connectivity index (χ2n) is 6.45. The van der Waals surface area contributed by atoms with Crippen molar-refractivity contribution in [1.82, 2.24) is 4.90 Å². The predicted octanol–water partition coefficient (Wildman–Crippen LogP) is 4.41. The number of ether oxygens (including phenoxy) is 1. The Morgan fingerprint density at radius 1 is 1.15 bits per heavy atom. The number of aliphatic hydroxyl groups is 1. The number of carbonyl (C=O) groups excluding carboxylic acids is 1. The van der Waals surface area contributed by atoms with Gasteiger partial charge in [0.15, 0.2) is 0 Å². The molecule has 26 heavy (non-hydrogen) atoms. The summed E-state index contributed by atoms with van der Waals surface area (Å²) in [7, 11) is 0. The average molecular weight is 394 g/mol. The van der Waals surface area contributed by atoms with Gasteiger partial charge in [0.1, 0.15) is 12.7 Å². The van der Waals surface area contributed by atoms with Crippen LogP contribution in [0.2, 0.25) is 10.0 Å². The molecule has 0 saturated carbocycles. The molecule has 0 bridgehead atoms. The van der Waals surface area contributed by atoms with Crippen LogP contribution in [0.4, 0.5) is 0 Å². The van der Waals surface area contributed by atoms with E-state index in [2.05, 4.69) is 0 Å². The van der Waals surface area contributed by atoms with Crippen LogP contribution in [0.1, 0.15) is 36.6 Å². The molecule has 1 aliphatic heterocycles. The van der Waals surface area contributed by atoms with Crippen LogP contribution in [0, 0.1) is 0 Å². The Labute approximate surface area is 163 Å². The highest BCUT2D eigenvalue weighted by Crippen LogP contribution is 2.42. The fraction of sp³-hybridized carbons (Fsp3) is 0.350. The molecule has 0 aliphatic carbocycles. The van der Waals surface area contributed by atoms with E-state index in [4.69, 9.17) is 27.9 Å². The molecule has 6 heteroatoms. The molecule has 4 nitrogen and oxygen atoms in total. The molecule has 1 saturated heterocycles. The van der Waals surface area contributed by atoms with Crippen molar-refractivity contribution in [2.45, 2.75) is 31.5 Å². The van der Waals surface area contributed by atoms with Gasteiger partial charge in [0.05, 0.1) is 6.04 Å². The summed E-state index contributed by atoms with van der Waals surface area (Å²) in [6, 6.07) is 14.5. The molecule has 3 atom stereocenters. The standard InChI is InChI=1S/C20H21Cl2NO3/c1-13(9-10-24)23-18(25)12-26-20(15-3-2-4-17(22)11-15)19(23)14-5-7-16(21)8-6-14/h2-8,11,13,19-20,24H,9-10,12H2,1H3/t13-,19+,20+/m0/s1. The first kappa shape index (κ1) is 19.2. The van der Waals surface area contributed by atoms with E-state index in [0.29, 0.717) is 16.5 Å². The molecule has 138 valence electrons. The minimum atomic E-state index is -0.353. The van der Waals surface area contributed by atoms with Crippen molar-refractivity contribution < 1.29 is 14.6 Å². The molecule has 3 rings (SSSR count). The third-order valence-corrected chi connectivity index (χ3v) is 5.16. The third-order valence-electron chi connectivity index (χ3n) is 4.67. The minimum Gasteiger partial charge on any atom is -0.396 e. The van der Waals surface area contributed by atoms with Gasteiger partial charge in [-0.2, -0.15) is 0 Å². The van der Waals surface area contributed by atoms with Crippen LogP contribution in [0.25, 0.3) is 0 Å². The van der Waals surface area contributed by atoms with E-state index in [1.54, 1.807) is 12.1 Å². The number of carbonyl (C=O) groups is 1. The van der Waals surface area contributed by atoms with Crippen LogP contribution < -0.4 is 0 Å². The van der Waals surface area contributed by atoms with E-state index in [0.717, 1.165) is 11.1 Å². The number of halogens is 2. The van der Waals surface area contributed by atoms with Gasteiger partial charge in [-0.15, -0.1) is 0 Å². The Balaban J connectivity index is 2.07. The van der Waals surface area contributed by atoms with Gasteiger partial charge in [-0.3, -0.25) is 4.79 Å². The lowest BCUT2D eigenvalue weighted by atomic mass is 9.91. The lowest BCUT2D eigenvalue weighted by Gasteiger charge is -2.44. The number of morpholine rings is 1. The largest absolute Gasteiger partial charge is 0.396 e. The fourth-order valence-electron chi connectivity index (χ4n) is 3.43. The Hall–Kier alpha value is -1.59. The van der Waals surface area contributed by atoms with E-state index in [1.165, 1.54) is 0 Å². The van der Waals surface area contributed by atoms with Gasteiger partial charge in [0, 0.05) is 22.7 Å². The number of benzene rings is 2. The molecule has 0 aromatic heterocycles. The molecule has 1 amide bonds. The van der Waals surface area contributed by atoms with Crippen molar-refractivity contribution in [3.63, 3.8) is 0 Å². The summed E-state index contributed by atoms with van der Waals surface area (Å²) in [6.45, 7) is 1.95. The highest BCUT2D eigenvalue weighted by molar-refractivity contribution is 6.30. The van der Waals surface area contributed by atoms with Gasteiger partial charge in [-0.25, -0.2) is 0 Å². The predicted molar refractivity (Wildman–Crippen MR) is 102 cm³/mol. The first-order chi connectivity index (χ1) is 12.5. The van der Waals surface area contributed by atoms with Crippen LogP contribution in [-0.2, 0) is 9.53 Å². The molecule has 1 fully saturated rings. The van der Waals surface area contributed by atoms with Gasteiger partial charge in [-0.05, 0) is 48.7 Å². The molecule has 1 aliphatic rings. The van der Waals surface area contributed by atoms with E-state index >= 15 is 0 Å². The number of hydrogen-bond acceptors (Lipinski definition) is 3. The van der Waals surface area contributed by atoms with E-state index in [1.807, 2.05) is 48.2 Å². The van der Waals surface area contributed by atoms with Gasteiger partial charge < -0.3 is 14.7 Å². The Morgan fingerprint density at radius 3 is 2.54 bits per heavy atom. The molecular weight excluding hydrogens is 373 g/mol. The number of hydrogen-bond donors (Lipinski definition) is 1. The summed E-state index contributed by atoms with van der Waals surface area (Å²) in [5.41, 5.74) is 1.84. The lowest BCUT2D eigenvalue weighted by Crippen LogP contribution is -2.50. The fourth-order valence-corrected chi connectivity index (χ4v) is 3.76. The first-order valence-electron chi connectivity index (χ1n) is 8.56. The van der Waals surface area contributed by atoms with E-state index < -0.39 is 0 Å². The average Bonchev–Trinajstić information content (AvgIpc) is 2.62. The molecule has 2 aromatic rings. The van der Waals surface area contributed by atoms with Crippen molar-refractivity contribution in [3.05, 3.63) is 69.7 Å². The second-order valence-corrected chi connectivity index (χ2v) is 7.32. The summed E-state index contributed by atoms with van der Waals surface area (Å²) in [5.74, 6) is -0.0934. The zero-order chi connectivity index (χ0) is 18.7. The van der Waals surface area contributed by atoms with E-state index in [-0.39, 0.29) is 37.3 Å². The summed E-state index contributed by atoms with van der Waals surface area (Å²) in [6.07, 6.45) is 0.145. The van der Waals surface area contributed by atoms with Crippen molar-refractivity contribution >= 4 is 29.1 Å². The maximum absolute atomic E-state index is 12.7. The third kappa shape index (κ3) is 4.04. The van der Waals surface area contributed by atoms with Crippen molar-refractivity contribution in [2.75, 3.05) is 13.2 Å². The highest BCUT2D eigenvalue weighted by Gasteiger charge is 2.40. The summed E-state index contributed by atoms with van der Waals surface area (Å²) >= 11 is 12.2. The zero-order valence-corrected chi connectivity index (χ0v) is 16.0. The number of aliphatic hydroxyl groups excluding tert-OH is 1. The molecule has 0 radical (unpaired) electrons. The van der Waals surface area contributed by atoms with Crippen molar-refractivity contribution in [2.24, 2.45) is 0 Å². The minimum absolute atomic E-state index is 0.00294. The number of rotatable bonds is 5. The Bertz CT molecular complexity index is 766. The van der Waals surface area contributed by atoms with Crippen molar-refractivity contribution in [3.8, 4) is 0 Å². The number of amides is 1. The van der Waals surface area contributed by atoms with E-state index in [9.17, 15) is 9.90 Å². The van der Waals surface area contributed by atoms with Crippen molar-refractivity contribution in [1.29, 1.82) is 0 Å². The van der Waals surface area contributed by atoms with Crippen LogP contribution in [0.15, 0.2) is 48.5 Å². The van der Waals surface area contributed by atoms with Crippen LogP contribution >= 0.6 is 23.2 Å². The lowest BCUT2D eigenvalue weighted by molar-refractivity contribution is -0.163. The van der Waals surface area contributed by atoms with Crippen LogP contribution in [0.5, 0.6) is 0 Å². The molecule has 1 heterocycles. The SMILES string of the molecule is C[C@@H](CCO)N1C(=O)CO[C@H](c2cccc(Cl)c2)[C@H]1c1ccc(Cl)cc1. The molecule has 2 aromatic carbocycles. The summed E-state index contributed by atoms with van der Waals surface area (Å²) in [4.78, 5) is 14.5. The maximum atomic E-state index is 12.7. The maximum Gasteiger partial charge on any atom is 0.249 e. The Morgan fingerprint density at radius 2 is 1.88 bits per heavy atom. The highest BCUT2D eigenvalue weighted by atomic mass is 35.5. The zero-order valence-electron chi connectivity index (χ0n) is 14.4. The molecule has 1 N–H and O–H groups in total. The second kappa shape index (κ2) is 8.40. The molecule has 0 unspecified atom stereocenters. The molecular formula is C20H21Cl2NO3. The topological polar surface area (TPSA) is 49.8 Å². The van der Waals surface area contributed by atoms with Crippen LogP contribution in [0.3, 0.4) is 0 Å². The smallest absolute Gasteiger partial charge is 0.249 e. The van der Waals surface area contributed by atoms with Gasteiger partial charge in [0.2, 0.25) is 5.91 Å². The van der Waals surface area contributed by atoms with Gasteiger partial charge in [0.25, 0.3) is 0 Å². The summed E-state index contributed by atoms with van der Waals surface area (Å²) in [5, 5.41) is 10.6. The molecule has 0 spiro atoms. The number of nitrogens with zero attached hydrogens (tertiary/aromatic N) is 1. The van der Waals surface area contributed by atoms with Gasteiger partial charge in [-0.1, -0.05) is 47.5 Å². The normalized spacial score (nSPS) is 21.7. The summed E-state index contributed by atoms with van der Waals surface area (Å²) < 4.78 is 5.94. The van der Waals surface area contributed by atoms with Crippen LogP contribution in [-0.4, -0.2) is 35.2 Å². The quantitative estimate of drug-likeness (QED) is 0.818. The Kier molecular flexibility index (Phi) is 6.20. The first-order valence-corrected chi connectivity index (χ1v) is 9.31.